The number of carbonyl (C=O) groups is 3. The van der Waals surface area contributed by atoms with Crippen LogP contribution >= 0.6 is 0 Å². The van der Waals surface area contributed by atoms with Crippen molar-refractivity contribution in [2.45, 2.75) is 19.9 Å². The van der Waals surface area contributed by atoms with Crippen LogP contribution in [0.5, 0.6) is 0 Å². The highest BCUT2D eigenvalue weighted by molar-refractivity contribution is 5.98. The Bertz CT molecular complexity index is 1030. The number of para-hydroxylation sites is 1. The minimum Gasteiger partial charge on any atom is -0.459 e. The fourth-order valence-electron chi connectivity index (χ4n) is 2.99. The van der Waals surface area contributed by atoms with E-state index in [0.29, 0.717) is 5.69 Å². The average molecular weight is 420 g/mol. The molecule has 0 bridgehead atoms. The molecule has 7 heteroatoms. The van der Waals surface area contributed by atoms with E-state index in [-0.39, 0.29) is 11.7 Å². The number of carbonyl (C=O) groups excluding carboxylic acids is 3. The first kappa shape index (κ1) is 21.8. The van der Waals surface area contributed by atoms with Crippen molar-refractivity contribution in [3.63, 3.8) is 0 Å². The van der Waals surface area contributed by atoms with Crippen molar-refractivity contribution in [1.82, 2.24) is 5.32 Å². The molecule has 0 aliphatic heterocycles. The average Bonchev–Trinajstić information content (AvgIpc) is 3.31. The molecule has 0 aliphatic rings. The van der Waals surface area contributed by atoms with Crippen LogP contribution in [-0.2, 0) is 14.3 Å². The molecule has 160 valence electrons. The third kappa shape index (κ3) is 5.82. The first-order chi connectivity index (χ1) is 15.0. The van der Waals surface area contributed by atoms with Crippen LogP contribution in [0.25, 0.3) is 11.1 Å². The summed E-state index contributed by atoms with van der Waals surface area (Å²) in [6.45, 7) is 3.07. The van der Waals surface area contributed by atoms with Gasteiger partial charge in [0.2, 0.25) is 0 Å². The second kappa shape index (κ2) is 10.2. The van der Waals surface area contributed by atoms with Gasteiger partial charge in [0.05, 0.1) is 6.26 Å². The lowest BCUT2D eigenvalue weighted by Crippen LogP contribution is -2.45. The number of nitrogens with one attached hydrogen (secondary N) is 2. The molecule has 2 N–H and O–H groups in total. The number of hydrogen-bond acceptors (Lipinski definition) is 5. The molecule has 3 aromatic rings. The summed E-state index contributed by atoms with van der Waals surface area (Å²) in [5.74, 6) is -1.85. The van der Waals surface area contributed by atoms with Gasteiger partial charge in [-0.3, -0.25) is 9.59 Å². The molecule has 3 rings (SSSR count). The summed E-state index contributed by atoms with van der Waals surface area (Å²) in [6.07, 6.45) is 1.37. The lowest BCUT2D eigenvalue weighted by Gasteiger charge is -2.20. The molecule has 0 radical (unpaired) electrons. The van der Waals surface area contributed by atoms with Crippen LogP contribution in [0, 0.1) is 5.92 Å². The second-order valence-corrected chi connectivity index (χ2v) is 7.24. The van der Waals surface area contributed by atoms with E-state index in [1.807, 2.05) is 48.5 Å². The van der Waals surface area contributed by atoms with Crippen LogP contribution in [0.2, 0.25) is 0 Å². The van der Waals surface area contributed by atoms with Gasteiger partial charge in [-0.05, 0) is 29.7 Å². The van der Waals surface area contributed by atoms with Crippen molar-refractivity contribution in [3.05, 3.63) is 78.8 Å². The van der Waals surface area contributed by atoms with Gasteiger partial charge in [0.25, 0.3) is 11.8 Å². The van der Waals surface area contributed by atoms with E-state index >= 15 is 0 Å². The Balaban J connectivity index is 1.60. The van der Waals surface area contributed by atoms with E-state index < -0.39 is 30.4 Å². The Morgan fingerprint density at radius 1 is 0.935 bits per heavy atom. The normalized spacial score (nSPS) is 11.6. The Kier molecular flexibility index (Phi) is 7.22. The number of rotatable bonds is 8. The third-order valence-electron chi connectivity index (χ3n) is 4.58. The van der Waals surface area contributed by atoms with Gasteiger partial charge >= 0.3 is 5.97 Å². The van der Waals surface area contributed by atoms with Gasteiger partial charge in [-0.2, -0.15) is 0 Å². The number of hydrogen-bond donors (Lipinski definition) is 2. The van der Waals surface area contributed by atoms with E-state index in [2.05, 4.69) is 10.6 Å². The lowest BCUT2D eigenvalue weighted by atomic mass is 10.0. The summed E-state index contributed by atoms with van der Waals surface area (Å²) in [4.78, 5) is 37.1. The van der Waals surface area contributed by atoms with Gasteiger partial charge < -0.3 is 19.8 Å². The van der Waals surface area contributed by atoms with E-state index in [4.69, 9.17) is 9.15 Å². The molecular formula is C24H24N2O5. The number of anilines is 1. The van der Waals surface area contributed by atoms with Crippen LogP contribution < -0.4 is 10.6 Å². The SMILES string of the molecule is CC(C)[C@H](NC(=O)c1ccco1)C(=O)OCC(=O)Nc1ccccc1-c1ccccc1. The maximum atomic E-state index is 12.5. The molecule has 0 spiro atoms. The fraction of sp³-hybridized carbons (Fsp3) is 0.208. The molecule has 1 heterocycles. The van der Waals surface area contributed by atoms with E-state index in [0.717, 1.165) is 11.1 Å². The molecule has 0 unspecified atom stereocenters. The number of esters is 1. The third-order valence-corrected chi connectivity index (χ3v) is 4.58. The Hall–Kier alpha value is -3.87. The molecule has 2 aromatic carbocycles. The van der Waals surface area contributed by atoms with Crippen LogP contribution in [0.15, 0.2) is 77.4 Å². The largest absolute Gasteiger partial charge is 0.459 e. The van der Waals surface area contributed by atoms with Crippen LogP contribution in [0.4, 0.5) is 5.69 Å². The molecule has 1 aromatic heterocycles. The summed E-state index contributed by atoms with van der Waals surface area (Å²) in [5, 5.41) is 5.36. The van der Waals surface area contributed by atoms with Gasteiger partial charge in [-0.15, -0.1) is 0 Å². The van der Waals surface area contributed by atoms with Crippen LogP contribution in [0.3, 0.4) is 0 Å². The topological polar surface area (TPSA) is 97.6 Å². The predicted octanol–water partition coefficient (Wildman–Crippen LogP) is 3.88. The van der Waals surface area contributed by atoms with Gasteiger partial charge in [-0.25, -0.2) is 4.79 Å². The fourth-order valence-corrected chi connectivity index (χ4v) is 2.99. The molecule has 1 atom stereocenters. The minimum absolute atomic E-state index is 0.0914. The summed E-state index contributed by atoms with van der Waals surface area (Å²) in [5.41, 5.74) is 2.42. The molecule has 0 fully saturated rings. The number of benzene rings is 2. The maximum absolute atomic E-state index is 12.5. The Labute approximate surface area is 180 Å². The predicted molar refractivity (Wildman–Crippen MR) is 116 cm³/mol. The Morgan fingerprint density at radius 3 is 2.32 bits per heavy atom. The van der Waals surface area contributed by atoms with E-state index in [1.54, 1.807) is 26.0 Å². The molecule has 0 saturated carbocycles. The lowest BCUT2D eigenvalue weighted by molar-refractivity contribution is -0.150. The van der Waals surface area contributed by atoms with E-state index in [1.165, 1.54) is 12.3 Å². The van der Waals surface area contributed by atoms with E-state index in [9.17, 15) is 14.4 Å². The number of furan rings is 1. The molecule has 7 nitrogen and oxygen atoms in total. The zero-order valence-corrected chi connectivity index (χ0v) is 17.3. The second-order valence-electron chi connectivity index (χ2n) is 7.24. The standard InChI is InChI=1S/C24H24N2O5/c1-16(2)22(26-23(28)20-13-8-14-30-20)24(29)31-15-21(27)25-19-12-7-6-11-18(19)17-9-4-3-5-10-17/h3-14,16,22H,15H2,1-2H3,(H,25,27)(H,26,28)/t22-/m0/s1. The first-order valence-corrected chi connectivity index (χ1v) is 9.91. The van der Waals surface area contributed by atoms with Crippen LogP contribution in [0.1, 0.15) is 24.4 Å². The number of ether oxygens (including phenoxy) is 1. The molecule has 2 amide bonds. The summed E-state index contributed by atoms with van der Waals surface area (Å²) >= 11 is 0. The zero-order chi connectivity index (χ0) is 22.2. The van der Waals surface area contributed by atoms with Gasteiger partial charge in [-0.1, -0.05) is 62.4 Å². The number of amides is 2. The maximum Gasteiger partial charge on any atom is 0.329 e. The van der Waals surface area contributed by atoms with Crippen LogP contribution in [-0.4, -0.2) is 30.4 Å². The zero-order valence-electron chi connectivity index (χ0n) is 17.3. The highest BCUT2D eigenvalue weighted by Gasteiger charge is 2.27. The Morgan fingerprint density at radius 2 is 1.65 bits per heavy atom. The molecule has 0 aliphatic carbocycles. The quantitative estimate of drug-likeness (QED) is 0.539. The van der Waals surface area contributed by atoms with Crippen molar-refractivity contribution in [2.24, 2.45) is 5.92 Å². The summed E-state index contributed by atoms with van der Waals surface area (Å²) in [7, 11) is 0. The first-order valence-electron chi connectivity index (χ1n) is 9.91. The van der Waals surface area contributed by atoms with Crippen molar-refractivity contribution >= 4 is 23.5 Å². The molecule has 31 heavy (non-hydrogen) atoms. The van der Waals surface area contributed by atoms with Crippen molar-refractivity contribution in [3.8, 4) is 11.1 Å². The van der Waals surface area contributed by atoms with Crippen molar-refractivity contribution < 1.29 is 23.5 Å². The molecular weight excluding hydrogens is 396 g/mol. The summed E-state index contributed by atoms with van der Waals surface area (Å²) < 4.78 is 10.2. The van der Waals surface area contributed by atoms with Gasteiger partial charge in [0, 0.05) is 11.3 Å². The van der Waals surface area contributed by atoms with Crippen molar-refractivity contribution in [2.75, 3.05) is 11.9 Å². The smallest absolute Gasteiger partial charge is 0.329 e. The highest BCUT2D eigenvalue weighted by Crippen LogP contribution is 2.27. The minimum atomic E-state index is -0.915. The highest BCUT2D eigenvalue weighted by atomic mass is 16.5. The van der Waals surface area contributed by atoms with Gasteiger partial charge in [0.15, 0.2) is 12.4 Å². The monoisotopic (exact) mass is 420 g/mol. The van der Waals surface area contributed by atoms with Crippen molar-refractivity contribution in [1.29, 1.82) is 0 Å². The summed E-state index contributed by atoms with van der Waals surface area (Å²) in [6, 6.07) is 19.2. The molecule has 0 saturated heterocycles. The van der Waals surface area contributed by atoms with Gasteiger partial charge in [0.1, 0.15) is 6.04 Å².